The summed E-state index contributed by atoms with van der Waals surface area (Å²) < 4.78 is 0. The summed E-state index contributed by atoms with van der Waals surface area (Å²) in [6.07, 6.45) is 1.95. The van der Waals surface area contributed by atoms with Gasteiger partial charge < -0.3 is 10.6 Å². The average Bonchev–Trinajstić information content (AvgIpc) is 2.99. The van der Waals surface area contributed by atoms with E-state index in [1.165, 1.54) is 0 Å². The van der Waals surface area contributed by atoms with Crippen molar-refractivity contribution in [3.8, 4) is 0 Å². The van der Waals surface area contributed by atoms with Crippen molar-refractivity contribution in [1.29, 1.82) is 0 Å². The Labute approximate surface area is 184 Å². The molecule has 6 heteroatoms. The van der Waals surface area contributed by atoms with E-state index < -0.39 is 11.6 Å². The summed E-state index contributed by atoms with van der Waals surface area (Å²) in [5.41, 5.74) is 0.621. The second-order valence-corrected chi connectivity index (χ2v) is 8.50. The van der Waals surface area contributed by atoms with Crippen molar-refractivity contribution < 1.29 is 14.4 Å². The Morgan fingerprint density at radius 2 is 1.65 bits per heavy atom. The van der Waals surface area contributed by atoms with Gasteiger partial charge in [-0.05, 0) is 29.9 Å². The zero-order chi connectivity index (χ0) is 22.4. The molecule has 3 rings (SSSR count). The highest BCUT2D eigenvalue weighted by atomic mass is 16.2. The van der Waals surface area contributed by atoms with Gasteiger partial charge in [-0.25, -0.2) is 4.79 Å². The summed E-state index contributed by atoms with van der Waals surface area (Å²) >= 11 is 0. The van der Waals surface area contributed by atoms with Crippen molar-refractivity contribution in [3.05, 3.63) is 71.8 Å². The molecule has 2 N–H and O–H groups in total. The first-order chi connectivity index (χ1) is 14.9. The summed E-state index contributed by atoms with van der Waals surface area (Å²) in [5.74, 6) is -0.350. The van der Waals surface area contributed by atoms with Gasteiger partial charge in [0.2, 0.25) is 5.91 Å². The number of imide groups is 1. The molecule has 0 aromatic heterocycles. The number of carbonyl (C=O) groups excluding carboxylic acids is 3. The van der Waals surface area contributed by atoms with Crippen molar-refractivity contribution >= 4 is 17.8 Å². The van der Waals surface area contributed by atoms with Crippen LogP contribution in [0.25, 0.3) is 0 Å². The third-order valence-corrected chi connectivity index (χ3v) is 5.61. The van der Waals surface area contributed by atoms with Gasteiger partial charge in [0, 0.05) is 0 Å². The highest BCUT2D eigenvalue weighted by molar-refractivity contribution is 6.09. The number of hydrogen-bond acceptors (Lipinski definition) is 3. The molecule has 2 aromatic rings. The van der Waals surface area contributed by atoms with Crippen LogP contribution < -0.4 is 10.6 Å². The van der Waals surface area contributed by atoms with Crippen LogP contribution in [-0.4, -0.2) is 29.3 Å². The van der Waals surface area contributed by atoms with E-state index in [0.717, 1.165) is 22.4 Å². The van der Waals surface area contributed by atoms with Gasteiger partial charge >= 0.3 is 6.03 Å². The summed E-state index contributed by atoms with van der Waals surface area (Å²) in [5, 5.41) is 5.88. The van der Waals surface area contributed by atoms with Crippen molar-refractivity contribution in [1.82, 2.24) is 15.5 Å². The monoisotopic (exact) mass is 421 g/mol. The quantitative estimate of drug-likeness (QED) is 0.598. The van der Waals surface area contributed by atoms with E-state index in [2.05, 4.69) is 24.5 Å². The van der Waals surface area contributed by atoms with E-state index >= 15 is 0 Å². The summed E-state index contributed by atoms with van der Waals surface area (Å²) in [4.78, 5) is 40.0. The topological polar surface area (TPSA) is 78.5 Å². The Kier molecular flexibility index (Phi) is 7.10. The molecule has 0 unspecified atom stereocenters. The van der Waals surface area contributed by atoms with Gasteiger partial charge in [-0.2, -0.15) is 0 Å². The number of urea groups is 1. The molecule has 0 radical (unpaired) electrons. The highest BCUT2D eigenvalue weighted by Gasteiger charge is 2.52. The molecular weight excluding hydrogens is 390 g/mol. The Morgan fingerprint density at radius 1 is 1.03 bits per heavy atom. The molecule has 0 spiro atoms. The Bertz CT molecular complexity index is 914. The molecule has 1 aliphatic heterocycles. The fourth-order valence-electron chi connectivity index (χ4n) is 4.20. The van der Waals surface area contributed by atoms with Gasteiger partial charge in [-0.3, -0.25) is 14.5 Å². The highest BCUT2D eigenvalue weighted by Crippen LogP contribution is 2.33. The number of nitrogens with zero attached hydrogens (tertiary/aromatic N) is 1. The number of hydrogen-bond donors (Lipinski definition) is 2. The SMILES string of the molecule is CCC[C@@]1(c2ccccc2)NC(=O)N(CC(=O)N[C@H](CC(C)C)c2ccccc2)C1=O. The van der Waals surface area contributed by atoms with Crippen LogP contribution in [0.15, 0.2) is 60.7 Å². The lowest BCUT2D eigenvalue weighted by molar-refractivity contribution is -0.135. The lowest BCUT2D eigenvalue weighted by atomic mass is 9.85. The molecule has 1 aliphatic rings. The normalized spacial score (nSPS) is 19.4. The number of amides is 4. The summed E-state index contributed by atoms with van der Waals surface area (Å²) in [7, 11) is 0. The molecule has 0 bridgehead atoms. The number of nitrogens with one attached hydrogen (secondary N) is 2. The van der Waals surface area contributed by atoms with Crippen LogP contribution in [0.3, 0.4) is 0 Å². The second-order valence-electron chi connectivity index (χ2n) is 8.50. The molecule has 0 aliphatic carbocycles. The smallest absolute Gasteiger partial charge is 0.325 e. The predicted molar refractivity (Wildman–Crippen MR) is 120 cm³/mol. The molecule has 1 heterocycles. The zero-order valence-electron chi connectivity index (χ0n) is 18.4. The maximum absolute atomic E-state index is 13.4. The largest absolute Gasteiger partial charge is 0.348 e. The van der Waals surface area contributed by atoms with Crippen molar-refractivity contribution in [2.75, 3.05) is 6.54 Å². The molecule has 164 valence electrons. The minimum atomic E-state index is -1.12. The van der Waals surface area contributed by atoms with Crippen LogP contribution in [0, 0.1) is 5.92 Å². The van der Waals surface area contributed by atoms with E-state index in [4.69, 9.17) is 0 Å². The Hall–Kier alpha value is -3.15. The van der Waals surface area contributed by atoms with E-state index in [0.29, 0.717) is 18.8 Å². The lowest BCUT2D eigenvalue weighted by Crippen LogP contribution is -2.45. The van der Waals surface area contributed by atoms with Gasteiger partial charge in [0.25, 0.3) is 5.91 Å². The number of benzene rings is 2. The van der Waals surface area contributed by atoms with Gasteiger partial charge in [0.1, 0.15) is 12.1 Å². The first kappa shape index (κ1) is 22.5. The molecule has 0 saturated carbocycles. The third-order valence-electron chi connectivity index (χ3n) is 5.61. The minimum Gasteiger partial charge on any atom is -0.348 e. The maximum atomic E-state index is 13.4. The van der Waals surface area contributed by atoms with Gasteiger partial charge in [0.05, 0.1) is 6.04 Å². The van der Waals surface area contributed by atoms with E-state index in [1.807, 2.05) is 67.6 Å². The number of rotatable bonds is 9. The molecule has 1 fully saturated rings. The lowest BCUT2D eigenvalue weighted by Gasteiger charge is -2.27. The Balaban J connectivity index is 1.77. The summed E-state index contributed by atoms with van der Waals surface area (Å²) in [6, 6.07) is 18.3. The fourth-order valence-corrected chi connectivity index (χ4v) is 4.20. The van der Waals surface area contributed by atoms with Crippen molar-refractivity contribution in [2.24, 2.45) is 5.92 Å². The minimum absolute atomic E-state index is 0.177. The maximum Gasteiger partial charge on any atom is 0.325 e. The number of carbonyl (C=O) groups is 3. The van der Waals surface area contributed by atoms with Crippen molar-refractivity contribution in [2.45, 2.75) is 51.6 Å². The van der Waals surface area contributed by atoms with Gasteiger partial charge in [0.15, 0.2) is 0 Å². The van der Waals surface area contributed by atoms with Crippen LogP contribution in [0.5, 0.6) is 0 Å². The molecule has 1 saturated heterocycles. The molecule has 2 aromatic carbocycles. The van der Waals surface area contributed by atoms with E-state index in [-0.39, 0.29) is 24.4 Å². The van der Waals surface area contributed by atoms with Crippen molar-refractivity contribution in [3.63, 3.8) is 0 Å². The van der Waals surface area contributed by atoms with E-state index in [1.54, 1.807) is 0 Å². The standard InChI is InChI=1S/C25H31N3O3/c1-4-15-25(20-13-9-6-10-14-20)23(30)28(24(31)27-25)17-22(29)26-21(16-18(2)3)19-11-7-5-8-12-19/h5-14,18,21H,4,15-17H2,1-3H3,(H,26,29)(H,27,31)/t21-,25+/m1/s1. The first-order valence-electron chi connectivity index (χ1n) is 10.9. The molecule has 2 atom stereocenters. The van der Waals surface area contributed by atoms with E-state index in [9.17, 15) is 14.4 Å². The van der Waals surface area contributed by atoms with Gasteiger partial charge in [-0.1, -0.05) is 87.9 Å². The van der Waals surface area contributed by atoms with Crippen LogP contribution in [-0.2, 0) is 15.1 Å². The van der Waals surface area contributed by atoms with Crippen LogP contribution in [0.4, 0.5) is 4.79 Å². The Morgan fingerprint density at radius 3 is 2.23 bits per heavy atom. The third kappa shape index (κ3) is 4.95. The van der Waals surface area contributed by atoms with Crippen LogP contribution in [0.2, 0.25) is 0 Å². The average molecular weight is 422 g/mol. The molecule has 31 heavy (non-hydrogen) atoms. The van der Waals surface area contributed by atoms with Crippen LogP contribution in [0.1, 0.15) is 57.2 Å². The zero-order valence-corrected chi connectivity index (χ0v) is 18.4. The molecule has 6 nitrogen and oxygen atoms in total. The second kappa shape index (κ2) is 9.77. The van der Waals surface area contributed by atoms with Gasteiger partial charge in [-0.15, -0.1) is 0 Å². The van der Waals surface area contributed by atoms with Crippen LogP contribution >= 0.6 is 0 Å². The molecule has 4 amide bonds. The summed E-state index contributed by atoms with van der Waals surface area (Å²) in [6.45, 7) is 5.86. The molecular formula is C25H31N3O3. The fraction of sp³-hybridized carbons (Fsp3) is 0.400. The predicted octanol–water partition coefficient (Wildman–Crippen LogP) is 4.14. The first-order valence-corrected chi connectivity index (χ1v) is 10.9.